The van der Waals surface area contributed by atoms with Gasteiger partial charge in [-0.1, -0.05) is 30.3 Å². The molecule has 1 amide bonds. The van der Waals surface area contributed by atoms with Crippen molar-refractivity contribution >= 4 is 17.2 Å². The smallest absolute Gasteiger partial charge is 0.263 e. The molecule has 102 valence electrons. The van der Waals surface area contributed by atoms with Crippen LogP contribution in [0.2, 0.25) is 0 Å². The molecule has 0 aliphatic heterocycles. The molecule has 5 heteroatoms. The summed E-state index contributed by atoms with van der Waals surface area (Å²) >= 11 is 1.22. The Balaban J connectivity index is 2.04. The van der Waals surface area contributed by atoms with Crippen LogP contribution in [0.3, 0.4) is 0 Å². The number of amides is 1. The van der Waals surface area contributed by atoms with Gasteiger partial charge in [-0.2, -0.15) is 5.26 Å². The van der Waals surface area contributed by atoms with Gasteiger partial charge < -0.3 is 10.4 Å². The average Bonchev–Trinajstić information content (AvgIpc) is 2.96. The number of hydrogen-bond acceptors (Lipinski definition) is 4. The first-order chi connectivity index (χ1) is 9.74. The molecule has 0 saturated carbocycles. The number of nitriles is 1. The zero-order chi connectivity index (χ0) is 14.4. The summed E-state index contributed by atoms with van der Waals surface area (Å²) in [5.41, 5.74) is 1.41. The van der Waals surface area contributed by atoms with Crippen molar-refractivity contribution in [1.29, 1.82) is 5.26 Å². The standard InChI is InChI=1S/C15H14N2O2S/c16-9-12-6-7-20-14(12)15(19)17-13(10-18)8-11-4-2-1-3-5-11/h1-7,13,18H,8,10H2,(H,17,19)/t13-/m0/s1. The van der Waals surface area contributed by atoms with Gasteiger partial charge in [0.15, 0.2) is 0 Å². The molecule has 0 aliphatic carbocycles. The lowest BCUT2D eigenvalue weighted by atomic mass is 10.1. The highest BCUT2D eigenvalue weighted by Crippen LogP contribution is 2.16. The monoisotopic (exact) mass is 286 g/mol. The molecule has 1 heterocycles. The molecule has 1 aromatic carbocycles. The van der Waals surface area contributed by atoms with Gasteiger partial charge in [-0.25, -0.2) is 0 Å². The summed E-state index contributed by atoms with van der Waals surface area (Å²) in [4.78, 5) is 12.5. The molecule has 1 aromatic heterocycles. The number of carbonyl (C=O) groups is 1. The minimum absolute atomic E-state index is 0.145. The van der Waals surface area contributed by atoms with Crippen molar-refractivity contribution in [2.45, 2.75) is 12.5 Å². The molecule has 4 nitrogen and oxygen atoms in total. The first-order valence-corrected chi connectivity index (χ1v) is 7.05. The van der Waals surface area contributed by atoms with Gasteiger partial charge >= 0.3 is 0 Å². The van der Waals surface area contributed by atoms with Crippen LogP contribution < -0.4 is 5.32 Å². The summed E-state index contributed by atoms with van der Waals surface area (Å²) in [7, 11) is 0. The molecule has 0 saturated heterocycles. The van der Waals surface area contributed by atoms with Crippen LogP contribution in [-0.2, 0) is 6.42 Å². The fourth-order valence-corrected chi connectivity index (χ4v) is 2.63. The number of carbonyl (C=O) groups excluding carboxylic acids is 1. The third-order valence-electron chi connectivity index (χ3n) is 2.87. The van der Waals surface area contributed by atoms with E-state index in [-0.39, 0.29) is 18.6 Å². The molecular formula is C15H14N2O2S. The van der Waals surface area contributed by atoms with Crippen molar-refractivity contribution in [2.75, 3.05) is 6.61 Å². The maximum absolute atomic E-state index is 12.1. The molecule has 0 spiro atoms. The maximum atomic E-state index is 12.1. The van der Waals surface area contributed by atoms with Crippen LogP contribution in [-0.4, -0.2) is 23.7 Å². The van der Waals surface area contributed by atoms with E-state index in [0.717, 1.165) is 5.56 Å². The topological polar surface area (TPSA) is 73.1 Å². The van der Waals surface area contributed by atoms with Crippen LogP contribution >= 0.6 is 11.3 Å². The lowest BCUT2D eigenvalue weighted by molar-refractivity contribution is 0.0920. The zero-order valence-electron chi connectivity index (χ0n) is 10.7. The summed E-state index contributed by atoms with van der Waals surface area (Å²) in [6.07, 6.45) is 0.552. The number of thiophene rings is 1. The predicted octanol–water partition coefficient (Wildman–Crippen LogP) is 1.95. The predicted molar refractivity (Wildman–Crippen MR) is 77.5 cm³/mol. The van der Waals surface area contributed by atoms with E-state index >= 15 is 0 Å². The Morgan fingerprint density at radius 2 is 2.10 bits per heavy atom. The second-order valence-electron chi connectivity index (χ2n) is 4.32. The highest BCUT2D eigenvalue weighted by atomic mass is 32.1. The number of nitrogens with zero attached hydrogens (tertiary/aromatic N) is 1. The second kappa shape index (κ2) is 6.85. The Hall–Kier alpha value is -2.16. The molecule has 1 atom stereocenters. The van der Waals surface area contributed by atoms with Crippen LogP contribution in [0.1, 0.15) is 20.8 Å². The molecule has 2 rings (SSSR count). The number of rotatable bonds is 5. The van der Waals surface area contributed by atoms with Crippen LogP contribution in [0.5, 0.6) is 0 Å². The zero-order valence-corrected chi connectivity index (χ0v) is 11.6. The van der Waals surface area contributed by atoms with E-state index in [1.54, 1.807) is 11.4 Å². The van der Waals surface area contributed by atoms with Crippen molar-refractivity contribution < 1.29 is 9.90 Å². The normalized spacial score (nSPS) is 11.6. The average molecular weight is 286 g/mol. The van der Waals surface area contributed by atoms with E-state index in [1.807, 2.05) is 36.4 Å². The van der Waals surface area contributed by atoms with Crippen molar-refractivity contribution in [2.24, 2.45) is 0 Å². The Morgan fingerprint density at radius 1 is 1.35 bits per heavy atom. The summed E-state index contributed by atoms with van der Waals surface area (Å²) in [6, 6.07) is 12.9. The third-order valence-corrected chi connectivity index (χ3v) is 3.79. The largest absolute Gasteiger partial charge is 0.394 e. The lowest BCUT2D eigenvalue weighted by Crippen LogP contribution is -2.39. The van der Waals surface area contributed by atoms with Gasteiger partial charge in [0.05, 0.1) is 18.2 Å². The van der Waals surface area contributed by atoms with Crippen LogP contribution in [0, 0.1) is 11.3 Å². The van der Waals surface area contributed by atoms with Crippen molar-refractivity contribution in [3.05, 3.63) is 57.8 Å². The van der Waals surface area contributed by atoms with E-state index < -0.39 is 0 Å². The van der Waals surface area contributed by atoms with E-state index in [2.05, 4.69) is 5.32 Å². The molecule has 0 bridgehead atoms. The summed E-state index contributed by atoms with van der Waals surface area (Å²) < 4.78 is 0. The van der Waals surface area contributed by atoms with Crippen LogP contribution in [0.4, 0.5) is 0 Å². The van der Waals surface area contributed by atoms with E-state index in [4.69, 9.17) is 5.26 Å². The van der Waals surface area contributed by atoms with E-state index in [1.165, 1.54) is 11.3 Å². The highest BCUT2D eigenvalue weighted by Gasteiger charge is 2.17. The quantitative estimate of drug-likeness (QED) is 0.882. The third kappa shape index (κ3) is 3.44. The first-order valence-electron chi connectivity index (χ1n) is 6.18. The Morgan fingerprint density at radius 3 is 2.75 bits per heavy atom. The van der Waals surface area contributed by atoms with Crippen LogP contribution in [0.15, 0.2) is 41.8 Å². The molecule has 0 fully saturated rings. The van der Waals surface area contributed by atoms with Gasteiger partial charge in [0.1, 0.15) is 10.9 Å². The summed E-state index contributed by atoms with van der Waals surface area (Å²) in [5.74, 6) is -0.313. The van der Waals surface area contributed by atoms with Gasteiger partial charge in [-0.15, -0.1) is 11.3 Å². The number of hydrogen-bond donors (Lipinski definition) is 2. The van der Waals surface area contributed by atoms with Gasteiger partial charge in [-0.05, 0) is 23.4 Å². The summed E-state index contributed by atoms with van der Waals surface area (Å²) in [5, 5.41) is 22.8. The number of nitrogens with one attached hydrogen (secondary N) is 1. The number of aliphatic hydroxyl groups is 1. The highest BCUT2D eigenvalue weighted by molar-refractivity contribution is 7.12. The fourth-order valence-electron chi connectivity index (χ4n) is 1.88. The molecule has 2 N–H and O–H groups in total. The first kappa shape index (κ1) is 14.3. The Bertz CT molecular complexity index is 616. The van der Waals surface area contributed by atoms with E-state index in [9.17, 15) is 9.90 Å². The Kier molecular flexibility index (Phi) is 4.88. The SMILES string of the molecule is N#Cc1ccsc1C(=O)N[C@H](CO)Cc1ccccc1. The van der Waals surface area contributed by atoms with Crippen molar-refractivity contribution in [3.8, 4) is 6.07 Å². The second-order valence-corrected chi connectivity index (χ2v) is 5.23. The van der Waals surface area contributed by atoms with Crippen molar-refractivity contribution in [1.82, 2.24) is 5.32 Å². The molecule has 0 aliphatic rings. The molecular weight excluding hydrogens is 272 g/mol. The minimum Gasteiger partial charge on any atom is -0.394 e. The molecule has 0 radical (unpaired) electrons. The van der Waals surface area contributed by atoms with Gasteiger partial charge in [0.2, 0.25) is 0 Å². The van der Waals surface area contributed by atoms with Gasteiger partial charge in [0.25, 0.3) is 5.91 Å². The fraction of sp³-hybridized carbons (Fsp3) is 0.200. The van der Waals surface area contributed by atoms with Gasteiger partial charge in [0, 0.05) is 0 Å². The number of benzene rings is 1. The van der Waals surface area contributed by atoms with Crippen LogP contribution in [0.25, 0.3) is 0 Å². The summed E-state index contributed by atoms with van der Waals surface area (Å²) in [6.45, 7) is -0.145. The van der Waals surface area contributed by atoms with Crippen molar-refractivity contribution in [3.63, 3.8) is 0 Å². The Labute approximate surface area is 121 Å². The molecule has 2 aromatic rings. The molecule has 20 heavy (non-hydrogen) atoms. The number of aliphatic hydroxyl groups excluding tert-OH is 1. The van der Waals surface area contributed by atoms with Gasteiger partial charge in [-0.3, -0.25) is 4.79 Å². The molecule has 0 unspecified atom stereocenters. The lowest BCUT2D eigenvalue weighted by Gasteiger charge is -2.16. The maximum Gasteiger partial charge on any atom is 0.263 e. The van der Waals surface area contributed by atoms with E-state index in [0.29, 0.717) is 16.9 Å². The minimum atomic E-state index is -0.362.